The van der Waals surface area contributed by atoms with Gasteiger partial charge >= 0.3 is 5.63 Å². The van der Waals surface area contributed by atoms with E-state index < -0.39 is 34.9 Å². The number of hydrogen-bond donors (Lipinski definition) is 3. The Labute approximate surface area is 247 Å². The zero-order valence-corrected chi connectivity index (χ0v) is 24.3. The Morgan fingerprint density at radius 1 is 1.12 bits per heavy atom. The van der Waals surface area contributed by atoms with Crippen LogP contribution in [0.3, 0.4) is 0 Å². The summed E-state index contributed by atoms with van der Waals surface area (Å²) in [6.07, 6.45) is 0.764. The van der Waals surface area contributed by atoms with Crippen LogP contribution < -0.4 is 20.4 Å². The summed E-state index contributed by atoms with van der Waals surface area (Å²) in [5.74, 6) is 0.204. The van der Waals surface area contributed by atoms with E-state index in [1.54, 1.807) is 56.5 Å². The number of methoxy groups -OCH3 is 1. The summed E-state index contributed by atoms with van der Waals surface area (Å²) in [5.41, 5.74) is 6.74. The minimum absolute atomic E-state index is 0.0580. The van der Waals surface area contributed by atoms with Crippen molar-refractivity contribution < 1.29 is 33.3 Å². The molecule has 224 valence electrons. The molecule has 0 aliphatic carbocycles. The van der Waals surface area contributed by atoms with E-state index in [0.717, 1.165) is 6.42 Å². The van der Waals surface area contributed by atoms with Gasteiger partial charge in [-0.05, 0) is 63.6 Å². The van der Waals surface area contributed by atoms with Crippen LogP contribution in [0.2, 0.25) is 0 Å². The quantitative estimate of drug-likeness (QED) is 0.145. The molecular weight excluding hydrogens is 554 g/mol. The molecule has 0 unspecified atom stereocenters. The highest BCUT2D eigenvalue weighted by Crippen LogP contribution is 2.38. The Hall–Kier alpha value is -4.74. The lowest BCUT2D eigenvalue weighted by molar-refractivity contribution is -0.233. The summed E-state index contributed by atoms with van der Waals surface area (Å²) in [5, 5.41) is 17.2. The number of aryl methyl sites for hydroxylation is 1. The molecule has 43 heavy (non-hydrogen) atoms. The fraction of sp³-hybridized carbons (Fsp3) is 0.312. The van der Waals surface area contributed by atoms with E-state index in [-0.39, 0.29) is 29.2 Å². The number of nitrogens with one attached hydrogen (secondary N) is 2. The standard InChI is InChI=1S/C32H33N3O8/c1-18-23(41-26-15-14-25(39-4)32(2,3)43-26)13-12-22-28(36)27(31(38)42-29(18)22)35-30(37)19-10-11-20(17-34-33)24(16-19)40-21-8-6-5-7-9-21/h5-13,16,25-26,33,36H,14-15,17H2,1-4H3,(H,35,37)/t25-,26-/m1/s1. The number of anilines is 1. The molecule has 11 heteroatoms. The predicted octanol–water partition coefficient (Wildman–Crippen LogP) is 6.69. The Morgan fingerprint density at radius 3 is 2.58 bits per heavy atom. The topological polar surface area (TPSA) is 153 Å². The molecule has 0 bridgehead atoms. The van der Waals surface area contributed by atoms with Gasteiger partial charge in [-0.3, -0.25) is 4.79 Å². The number of nitrogens with zero attached hydrogens (tertiary/aromatic N) is 1. The molecule has 1 aromatic heterocycles. The summed E-state index contributed by atoms with van der Waals surface area (Å²) in [6.45, 7) is 5.65. The largest absolute Gasteiger partial charge is 0.505 e. The Morgan fingerprint density at radius 2 is 1.88 bits per heavy atom. The van der Waals surface area contributed by atoms with E-state index >= 15 is 0 Å². The minimum Gasteiger partial charge on any atom is -0.505 e. The second kappa shape index (κ2) is 12.2. The molecule has 1 amide bonds. The Bertz CT molecular complexity index is 1720. The molecule has 3 N–H and O–H groups in total. The lowest BCUT2D eigenvalue weighted by Gasteiger charge is -2.41. The van der Waals surface area contributed by atoms with Crippen LogP contribution in [0.25, 0.3) is 11.0 Å². The number of rotatable bonds is 9. The number of benzene rings is 3. The van der Waals surface area contributed by atoms with Gasteiger partial charge in [0.1, 0.15) is 22.8 Å². The Balaban J connectivity index is 1.39. The minimum atomic E-state index is -0.929. The van der Waals surface area contributed by atoms with Gasteiger partial charge in [0.15, 0.2) is 11.4 Å². The second-order valence-electron chi connectivity index (χ2n) is 10.8. The lowest BCUT2D eigenvalue weighted by Crippen LogP contribution is -2.49. The maximum Gasteiger partial charge on any atom is 0.364 e. The van der Waals surface area contributed by atoms with Crippen molar-refractivity contribution in [3.8, 4) is 23.0 Å². The third kappa shape index (κ3) is 6.23. The number of carbonyl (C=O) groups excluding carboxylic acids is 1. The molecule has 5 rings (SSSR count). The molecule has 1 saturated heterocycles. The summed E-state index contributed by atoms with van der Waals surface area (Å²) in [4.78, 5) is 26.2. The molecule has 11 nitrogen and oxygen atoms in total. The van der Waals surface area contributed by atoms with Gasteiger partial charge in [0.05, 0.1) is 23.6 Å². The van der Waals surface area contributed by atoms with Crippen molar-refractivity contribution in [2.75, 3.05) is 12.4 Å². The van der Waals surface area contributed by atoms with Crippen LogP contribution in [0, 0.1) is 12.5 Å². The maximum absolute atomic E-state index is 13.2. The molecule has 0 saturated carbocycles. The number of carbonyl (C=O) groups is 1. The molecule has 1 aliphatic rings. The number of hydrogen-bond acceptors (Lipinski definition) is 10. The van der Waals surface area contributed by atoms with Gasteiger partial charge in [-0.25, -0.2) is 10.3 Å². The van der Waals surface area contributed by atoms with Crippen molar-refractivity contribution in [3.63, 3.8) is 0 Å². The molecule has 2 atom stereocenters. The molecule has 2 heterocycles. The van der Waals surface area contributed by atoms with Crippen LogP contribution in [-0.2, 0) is 16.0 Å². The van der Waals surface area contributed by atoms with Gasteiger partial charge in [0.25, 0.3) is 5.91 Å². The van der Waals surface area contributed by atoms with Crippen LogP contribution in [0.5, 0.6) is 23.0 Å². The lowest BCUT2D eigenvalue weighted by atomic mass is 9.94. The smallest absolute Gasteiger partial charge is 0.364 e. The summed E-state index contributed by atoms with van der Waals surface area (Å²) in [7, 11) is 1.65. The molecule has 1 aliphatic heterocycles. The zero-order chi connectivity index (χ0) is 30.7. The summed E-state index contributed by atoms with van der Waals surface area (Å²) >= 11 is 0. The zero-order valence-electron chi connectivity index (χ0n) is 24.3. The number of para-hydroxylation sites is 1. The highest BCUT2D eigenvalue weighted by atomic mass is 16.7. The molecule has 3 aromatic carbocycles. The first-order chi connectivity index (χ1) is 20.6. The Kier molecular flexibility index (Phi) is 8.47. The molecular formula is C32H33N3O8. The fourth-order valence-corrected chi connectivity index (χ4v) is 5.15. The van der Waals surface area contributed by atoms with Gasteiger partial charge in [0, 0.05) is 30.2 Å². The average molecular weight is 588 g/mol. The summed E-state index contributed by atoms with van der Waals surface area (Å²) in [6, 6.07) is 16.8. The third-order valence-corrected chi connectivity index (χ3v) is 7.45. The first-order valence-electron chi connectivity index (χ1n) is 13.8. The number of amides is 1. The van der Waals surface area contributed by atoms with Crippen LogP contribution in [0.1, 0.15) is 48.2 Å². The van der Waals surface area contributed by atoms with Crippen molar-refractivity contribution in [2.24, 2.45) is 5.11 Å². The van der Waals surface area contributed by atoms with Gasteiger partial charge in [0.2, 0.25) is 6.29 Å². The average Bonchev–Trinajstić information content (AvgIpc) is 2.98. The van der Waals surface area contributed by atoms with Gasteiger partial charge in [-0.2, -0.15) is 5.11 Å². The maximum atomic E-state index is 13.2. The molecule has 0 radical (unpaired) electrons. The van der Waals surface area contributed by atoms with Crippen LogP contribution in [0.15, 0.2) is 75.0 Å². The van der Waals surface area contributed by atoms with Gasteiger partial charge < -0.3 is 33.8 Å². The monoisotopic (exact) mass is 587 g/mol. The molecule has 1 fully saturated rings. The number of fused-ring (bicyclic) bond motifs is 1. The molecule has 0 spiro atoms. The second-order valence-corrected chi connectivity index (χ2v) is 10.8. The SMILES string of the molecule is CO[C@@H]1CC[C@H](Oc2ccc3c(O)c(NC(=O)c4ccc(CN=N)c(Oc5ccccc5)c4)c(=O)oc3c2C)OC1(C)C. The van der Waals surface area contributed by atoms with Crippen molar-refractivity contribution >= 4 is 22.6 Å². The van der Waals surface area contributed by atoms with E-state index in [0.29, 0.717) is 34.8 Å². The van der Waals surface area contributed by atoms with Gasteiger partial charge in [-0.15, -0.1) is 0 Å². The van der Waals surface area contributed by atoms with E-state index in [2.05, 4.69) is 10.4 Å². The number of ether oxygens (including phenoxy) is 4. The van der Waals surface area contributed by atoms with Crippen LogP contribution in [-0.4, -0.2) is 36.1 Å². The number of aromatic hydroxyl groups is 1. The van der Waals surface area contributed by atoms with Crippen molar-refractivity contribution in [2.45, 2.75) is 58.2 Å². The van der Waals surface area contributed by atoms with Crippen molar-refractivity contribution in [1.29, 1.82) is 5.53 Å². The first kappa shape index (κ1) is 29.7. The normalized spacial score (nSPS) is 17.8. The van der Waals surface area contributed by atoms with Crippen molar-refractivity contribution in [1.82, 2.24) is 0 Å². The van der Waals surface area contributed by atoms with E-state index in [1.165, 1.54) is 12.1 Å². The van der Waals surface area contributed by atoms with Gasteiger partial charge in [-0.1, -0.05) is 24.3 Å². The predicted molar refractivity (Wildman–Crippen MR) is 158 cm³/mol. The van der Waals surface area contributed by atoms with E-state index in [4.69, 9.17) is 28.9 Å². The highest BCUT2D eigenvalue weighted by Gasteiger charge is 2.39. The highest BCUT2D eigenvalue weighted by molar-refractivity contribution is 6.06. The van der Waals surface area contributed by atoms with E-state index in [9.17, 15) is 14.7 Å². The fourth-order valence-electron chi connectivity index (χ4n) is 5.15. The summed E-state index contributed by atoms with van der Waals surface area (Å²) < 4.78 is 29.2. The van der Waals surface area contributed by atoms with Crippen molar-refractivity contribution in [3.05, 3.63) is 87.8 Å². The van der Waals surface area contributed by atoms with E-state index in [1.807, 2.05) is 19.9 Å². The van der Waals surface area contributed by atoms with Crippen LogP contribution in [0.4, 0.5) is 5.69 Å². The third-order valence-electron chi connectivity index (χ3n) is 7.45. The van der Waals surface area contributed by atoms with Crippen LogP contribution >= 0.6 is 0 Å². The first-order valence-corrected chi connectivity index (χ1v) is 13.8. The molecule has 4 aromatic rings.